The maximum Gasteiger partial charge on any atom is 0.328 e. The minimum atomic E-state index is -0.831. The molecule has 1 saturated heterocycles. The first-order chi connectivity index (χ1) is 11.9. The predicted octanol–water partition coefficient (Wildman–Crippen LogP) is 2.51. The Kier molecular flexibility index (Phi) is 6.99. The van der Waals surface area contributed by atoms with Gasteiger partial charge in [-0.25, -0.2) is 4.79 Å². The number of piperidine rings is 1. The average Bonchev–Trinajstić information content (AvgIpc) is 2.60. The lowest BCUT2D eigenvalue weighted by atomic mass is 10.0. The van der Waals surface area contributed by atoms with Crippen molar-refractivity contribution >= 4 is 33.7 Å². The van der Waals surface area contributed by atoms with E-state index >= 15 is 0 Å². The van der Waals surface area contributed by atoms with E-state index in [9.17, 15) is 14.4 Å². The van der Waals surface area contributed by atoms with Gasteiger partial charge >= 0.3 is 5.97 Å². The van der Waals surface area contributed by atoms with Crippen molar-refractivity contribution in [2.75, 3.05) is 13.2 Å². The fourth-order valence-electron chi connectivity index (χ4n) is 2.75. The minimum Gasteiger partial charge on any atom is -0.454 e. The molecule has 0 bridgehead atoms. The summed E-state index contributed by atoms with van der Waals surface area (Å²) in [4.78, 5) is 38.0. The molecule has 0 radical (unpaired) electrons. The van der Waals surface area contributed by atoms with Crippen LogP contribution in [0.2, 0.25) is 0 Å². The van der Waals surface area contributed by atoms with Gasteiger partial charge in [0, 0.05) is 22.6 Å². The molecule has 0 saturated carbocycles. The van der Waals surface area contributed by atoms with Crippen LogP contribution < -0.4 is 5.32 Å². The molecule has 2 amide bonds. The summed E-state index contributed by atoms with van der Waals surface area (Å²) in [5.41, 5.74) is 0.445. The van der Waals surface area contributed by atoms with Crippen molar-refractivity contribution in [2.45, 2.75) is 45.2 Å². The van der Waals surface area contributed by atoms with Crippen molar-refractivity contribution in [3.05, 3.63) is 34.3 Å². The van der Waals surface area contributed by atoms with Gasteiger partial charge in [-0.05, 0) is 57.4 Å². The van der Waals surface area contributed by atoms with Crippen LogP contribution in [0.4, 0.5) is 0 Å². The van der Waals surface area contributed by atoms with Crippen molar-refractivity contribution in [3.8, 4) is 0 Å². The number of halogens is 1. The lowest BCUT2D eigenvalue weighted by molar-refractivity contribution is -0.154. The number of carbonyl (C=O) groups excluding carboxylic acids is 3. The third-order valence-electron chi connectivity index (χ3n) is 4.27. The molecule has 2 rings (SSSR count). The fourth-order valence-corrected chi connectivity index (χ4v) is 3.01. The van der Waals surface area contributed by atoms with Gasteiger partial charge in [0.25, 0.3) is 11.8 Å². The summed E-state index contributed by atoms with van der Waals surface area (Å²) in [5, 5.41) is 2.57. The Labute approximate surface area is 156 Å². The van der Waals surface area contributed by atoms with Gasteiger partial charge in [-0.3, -0.25) is 9.59 Å². The van der Waals surface area contributed by atoms with Crippen LogP contribution in [0.5, 0.6) is 0 Å². The molecule has 1 N–H and O–H groups in total. The molecule has 1 aromatic carbocycles. The van der Waals surface area contributed by atoms with E-state index in [1.54, 1.807) is 29.2 Å². The highest BCUT2D eigenvalue weighted by Crippen LogP contribution is 2.16. The standard InChI is InChI=1S/C18H23BrN2O4/c1-12-5-3-4-10-21(12)16(22)11-25-18(24)13(2)20-17(23)14-6-8-15(19)9-7-14/h6-9,12-13H,3-5,10-11H2,1-2H3,(H,20,23)/t12-,13-/m0/s1. The molecule has 2 atom stereocenters. The van der Waals surface area contributed by atoms with Gasteiger partial charge in [-0.15, -0.1) is 0 Å². The highest BCUT2D eigenvalue weighted by molar-refractivity contribution is 9.10. The molecule has 7 heteroatoms. The molecule has 0 aliphatic carbocycles. The zero-order valence-corrected chi connectivity index (χ0v) is 16.0. The molecular formula is C18H23BrN2O4. The monoisotopic (exact) mass is 410 g/mol. The molecule has 0 aromatic heterocycles. The molecule has 25 heavy (non-hydrogen) atoms. The molecule has 1 fully saturated rings. The topological polar surface area (TPSA) is 75.7 Å². The van der Waals surface area contributed by atoms with Crippen LogP contribution in [0, 0.1) is 0 Å². The Bertz CT molecular complexity index is 632. The quantitative estimate of drug-likeness (QED) is 0.756. The zero-order valence-electron chi connectivity index (χ0n) is 14.5. The summed E-state index contributed by atoms with van der Waals surface area (Å²) in [5.74, 6) is -1.18. The van der Waals surface area contributed by atoms with E-state index in [4.69, 9.17) is 4.74 Å². The Balaban J connectivity index is 1.80. The molecule has 0 unspecified atom stereocenters. The highest BCUT2D eigenvalue weighted by atomic mass is 79.9. The lowest BCUT2D eigenvalue weighted by Gasteiger charge is -2.33. The van der Waals surface area contributed by atoms with Gasteiger partial charge in [-0.1, -0.05) is 15.9 Å². The summed E-state index contributed by atoms with van der Waals surface area (Å²) < 4.78 is 5.93. The molecule has 136 valence electrons. The lowest BCUT2D eigenvalue weighted by Crippen LogP contribution is -2.45. The number of esters is 1. The van der Waals surface area contributed by atoms with Gasteiger partial charge in [0.15, 0.2) is 6.61 Å². The second-order valence-corrected chi connectivity index (χ2v) is 7.16. The second kappa shape index (κ2) is 8.99. The van der Waals surface area contributed by atoms with Crippen LogP contribution >= 0.6 is 15.9 Å². The van der Waals surface area contributed by atoms with Crippen LogP contribution in [0.15, 0.2) is 28.7 Å². The Morgan fingerprint density at radius 2 is 1.96 bits per heavy atom. The molecule has 1 heterocycles. The molecule has 6 nitrogen and oxygen atoms in total. The van der Waals surface area contributed by atoms with E-state index in [0.29, 0.717) is 12.1 Å². The maximum absolute atomic E-state index is 12.2. The number of nitrogens with zero attached hydrogens (tertiary/aromatic N) is 1. The van der Waals surface area contributed by atoms with E-state index < -0.39 is 12.0 Å². The number of likely N-dealkylation sites (tertiary alicyclic amines) is 1. The molecular weight excluding hydrogens is 388 g/mol. The predicted molar refractivity (Wildman–Crippen MR) is 97.1 cm³/mol. The molecule has 0 spiro atoms. The van der Waals surface area contributed by atoms with Gasteiger partial charge in [0.1, 0.15) is 6.04 Å². The number of hydrogen-bond donors (Lipinski definition) is 1. The molecule has 1 aromatic rings. The number of benzene rings is 1. The number of hydrogen-bond acceptors (Lipinski definition) is 4. The van der Waals surface area contributed by atoms with Crippen molar-refractivity contribution in [1.82, 2.24) is 10.2 Å². The van der Waals surface area contributed by atoms with E-state index in [-0.39, 0.29) is 24.5 Å². The molecule has 1 aliphatic rings. The number of rotatable bonds is 5. The fraction of sp³-hybridized carbons (Fsp3) is 0.500. The van der Waals surface area contributed by atoms with Crippen LogP contribution in [-0.4, -0.2) is 47.9 Å². The first-order valence-electron chi connectivity index (χ1n) is 8.41. The van der Waals surface area contributed by atoms with E-state index in [2.05, 4.69) is 21.2 Å². The van der Waals surface area contributed by atoms with Gasteiger partial charge in [0.2, 0.25) is 0 Å². The van der Waals surface area contributed by atoms with E-state index in [0.717, 1.165) is 23.7 Å². The summed E-state index contributed by atoms with van der Waals surface area (Å²) in [6, 6.07) is 6.14. The first kappa shape index (κ1) is 19.4. The summed E-state index contributed by atoms with van der Waals surface area (Å²) in [6.07, 6.45) is 3.06. The van der Waals surface area contributed by atoms with Crippen LogP contribution in [0.25, 0.3) is 0 Å². The van der Waals surface area contributed by atoms with Crippen LogP contribution in [-0.2, 0) is 14.3 Å². The largest absolute Gasteiger partial charge is 0.454 e. The van der Waals surface area contributed by atoms with Gasteiger partial charge < -0.3 is 15.0 Å². The van der Waals surface area contributed by atoms with Gasteiger partial charge in [-0.2, -0.15) is 0 Å². The van der Waals surface area contributed by atoms with Crippen molar-refractivity contribution < 1.29 is 19.1 Å². The number of ether oxygens (including phenoxy) is 1. The summed E-state index contributed by atoms with van der Waals surface area (Å²) in [6.45, 7) is 3.95. The van der Waals surface area contributed by atoms with Crippen molar-refractivity contribution in [1.29, 1.82) is 0 Å². The third-order valence-corrected chi connectivity index (χ3v) is 4.80. The van der Waals surface area contributed by atoms with Crippen LogP contribution in [0.3, 0.4) is 0 Å². The maximum atomic E-state index is 12.2. The summed E-state index contributed by atoms with van der Waals surface area (Å²) in [7, 11) is 0. The number of carbonyl (C=O) groups is 3. The summed E-state index contributed by atoms with van der Waals surface area (Å²) >= 11 is 3.30. The molecule has 1 aliphatic heterocycles. The van der Waals surface area contributed by atoms with E-state index in [1.165, 1.54) is 6.92 Å². The second-order valence-electron chi connectivity index (χ2n) is 6.24. The van der Waals surface area contributed by atoms with Crippen molar-refractivity contribution in [2.24, 2.45) is 0 Å². The normalized spacial score (nSPS) is 18.4. The first-order valence-corrected chi connectivity index (χ1v) is 9.20. The Hall–Kier alpha value is -1.89. The number of nitrogens with one attached hydrogen (secondary N) is 1. The average molecular weight is 411 g/mol. The van der Waals surface area contributed by atoms with Gasteiger partial charge in [0.05, 0.1) is 0 Å². The van der Waals surface area contributed by atoms with E-state index in [1.807, 2.05) is 6.92 Å². The third kappa shape index (κ3) is 5.56. The zero-order chi connectivity index (χ0) is 18.4. The SMILES string of the molecule is C[C@H](NC(=O)c1ccc(Br)cc1)C(=O)OCC(=O)N1CCCC[C@@H]1C. The van der Waals surface area contributed by atoms with Crippen molar-refractivity contribution in [3.63, 3.8) is 0 Å². The Morgan fingerprint density at radius 1 is 1.28 bits per heavy atom. The van der Waals surface area contributed by atoms with Crippen LogP contribution in [0.1, 0.15) is 43.5 Å². The number of amides is 2. The minimum absolute atomic E-state index is 0.175. The smallest absolute Gasteiger partial charge is 0.328 e. The highest BCUT2D eigenvalue weighted by Gasteiger charge is 2.25. The Morgan fingerprint density at radius 3 is 2.60 bits per heavy atom.